The zero-order valence-corrected chi connectivity index (χ0v) is 14.9. The standard InChI is InChI=1S/C21H19N3O3/c1-23(13-15-12-22-24(14-15)16-7-3-2-4-8-16)20(25)11-19-17-9-5-6-10-18(17)21(26)27-19/h2-10,12,14,19H,11,13H2,1H3/t19-/m0/s1. The van der Waals surface area contributed by atoms with Gasteiger partial charge in [-0.3, -0.25) is 4.79 Å². The molecular formula is C21H19N3O3. The molecule has 4 rings (SSSR count). The Kier molecular flexibility index (Phi) is 4.46. The van der Waals surface area contributed by atoms with Crippen LogP contribution in [0.4, 0.5) is 0 Å². The molecule has 0 unspecified atom stereocenters. The summed E-state index contributed by atoms with van der Waals surface area (Å²) in [5, 5.41) is 4.35. The Bertz CT molecular complexity index is 981. The van der Waals surface area contributed by atoms with Crippen molar-refractivity contribution in [2.24, 2.45) is 0 Å². The average Bonchev–Trinajstić information content (AvgIpc) is 3.28. The van der Waals surface area contributed by atoms with Crippen LogP contribution in [0.25, 0.3) is 5.69 Å². The lowest BCUT2D eigenvalue weighted by molar-refractivity contribution is -0.132. The van der Waals surface area contributed by atoms with E-state index in [0.717, 1.165) is 16.8 Å². The van der Waals surface area contributed by atoms with E-state index in [4.69, 9.17) is 4.74 Å². The van der Waals surface area contributed by atoms with Crippen molar-refractivity contribution in [2.75, 3.05) is 7.05 Å². The highest BCUT2D eigenvalue weighted by Gasteiger charge is 2.32. The Labute approximate surface area is 157 Å². The van der Waals surface area contributed by atoms with E-state index in [0.29, 0.717) is 12.1 Å². The minimum Gasteiger partial charge on any atom is -0.453 e. The van der Waals surface area contributed by atoms with Gasteiger partial charge in [-0.2, -0.15) is 5.10 Å². The molecule has 1 aliphatic heterocycles. The Morgan fingerprint density at radius 3 is 2.70 bits per heavy atom. The zero-order valence-electron chi connectivity index (χ0n) is 14.9. The highest BCUT2D eigenvalue weighted by molar-refractivity contribution is 5.94. The summed E-state index contributed by atoms with van der Waals surface area (Å²) in [6.45, 7) is 0.438. The van der Waals surface area contributed by atoms with E-state index in [9.17, 15) is 9.59 Å². The molecule has 0 aliphatic carbocycles. The van der Waals surface area contributed by atoms with Crippen LogP contribution in [0.15, 0.2) is 67.0 Å². The SMILES string of the molecule is CN(Cc1cnn(-c2ccccc2)c1)C(=O)C[C@@H]1OC(=O)c2ccccc21. The van der Waals surface area contributed by atoms with E-state index in [1.807, 2.05) is 48.7 Å². The van der Waals surface area contributed by atoms with Crippen LogP contribution in [-0.4, -0.2) is 33.6 Å². The number of ether oxygens (including phenoxy) is 1. The number of hydrogen-bond donors (Lipinski definition) is 0. The molecule has 0 fully saturated rings. The van der Waals surface area contributed by atoms with Crippen molar-refractivity contribution in [1.29, 1.82) is 0 Å². The number of rotatable bonds is 5. The normalized spacial score (nSPS) is 15.3. The molecule has 1 amide bonds. The molecule has 0 N–H and O–H groups in total. The monoisotopic (exact) mass is 361 g/mol. The number of amides is 1. The molecule has 2 aromatic carbocycles. The summed E-state index contributed by atoms with van der Waals surface area (Å²) >= 11 is 0. The lowest BCUT2D eigenvalue weighted by Gasteiger charge is -2.18. The second-order valence-corrected chi connectivity index (χ2v) is 6.56. The number of cyclic esters (lactones) is 1. The van der Waals surface area contributed by atoms with Gasteiger partial charge in [0.15, 0.2) is 0 Å². The third kappa shape index (κ3) is 3.46. The summed E-state index contributed by atoms with van der Waals surface area (Å²) in [4.78, 5) is 26.1. The first-order chi connectivity index (χ1) is 13.1. The number of hydrogen-bond acceptors (Lipinski definition) is 4. The zero-order chi connectivity index (χ0) is 18.8. The molecule has 2 heterocycles. The van der Waals surface area contributed by atoms with Crippen LogP contribution >= 0.6 is 0 Å². The molecule has 3 aromatic rings. The van der Waals surface area contributed by atoms with Gasteiger partial charge in [0, 0.05) is 30.9 Å². The van der Waals surface area contributed by atoms with Crippen LogP contribution in [0.2, 0.25) is 0 Å². The molecule has 1 aliphatic rings. The van der Waals surface area contributed by atoms with Crippen molar-refractivity contribution in [1.82, 2.24) is 14.7 Å². The van der Waals surface area contributed by atoms with Gasteiger partial charge in [-0.25, -0.2) is 9.48 Å². The maximum Gasteiger partial charge on any atom is 0.339 e. The number of carbonyl (C=O) groups is 2. The second kappa shape index (κ2) is 7.07. The number of benzene rings is 2. The second-order valence-electron chi connectivity index (χ2n) is 6.56. The largest absolute Gasteiger partial charge is 0.453 e. The first kappa shape index (κ1) is 17.0. The van der Waals surface area contributed by atoms with Gasteiger partial charge in [-0.15, -0.1) is 0 Å². The molecule has 1 aromatic heterocycles. The van der Waals surface area contributed by atoms with Crippen molar-refractivity contribution in [3.05, 3.63) is 83.7 Å². The third-order valence-electron chi connectivity index (χ3n) is 4.64. The summed E-state index contributed by atoms with van der Waals surface area (Å²) in [6, 6.07) is 17.0. The molecule has 6 nitrogen and oxygen atoms in total. The van der Waals surface area contributed by atoms with Crippen molar-refractivity contribution in [3.63, 3.8) is 0 Å². The highest BCUT2D eigenvalue weighted by atomic mass is 16.5. The first-order valence-corrected chi connectivity index (χ1v) is 8.74. The Morgan fingerprint density at radius 2 is 1.89 bits per heavy atom. The van der Waals surface area contributed by atoms with Crippen LogP contribution in [0.5, 0.6) is 0 Å². The predicted molar refractivity (Wildman–Crippen MR) is 99.3 cm³/mol. The smallest absolute Gasteiger partial charge is 0.339 e. The van der Waals surface area contributed by atoms with E-state index >= 15 is 0 Å². The fraction of sp³-hybridized carbons (Fsp3) is 0.190. The number of carbonyl (C=O) groups excluding carboxylic acids is 2. The minimum atomic E-state index is -0.518. The minimum absolute atomic E-state index is 0.0861. The number of esters is 1. The van der Waals surface area contributed by atoms with Crippen molar-refractivity contribution in [3.8, 4) is 5.69 Å². The molecule has 0 spiro atoms. The molecule has 136 valence electrons. The Morgan fingerprint density at radius 1 is 1.15 bits per heavy atom. The molecule has 27 heavy (non-hydrogen) atoms. The van der Waals surface area contributed by atoms with E-state index in [1.54, 1.807) is 35.0 Å². The van der Waals surface area contributed by atoms with Crippen molar-refractivity contribution in [2.45, 2.75) is 19.1 Å². The van der Waals surface area contributed by atoms with Gasteiger partial charge in [0.05, 0.1) is 23.9 Å². The quantitative estimate of drug-likeness (QED) is 0.655. The first-order valence-electron chi connectivity index (χ1n) is 8.74. The van der Waals surface area contributed by atoms with Crippen LogP contribution in [0.3, 0.4) is 0 Å². The number of para-hydroxylation sites is 1. The van der Waals surface area contributed by atoms with E-state index in [1.165, 1.54) is 0 Å². The summed E-state index contributed by atoms with van der Waals surface area (Å²) in [6.07, 6.45) is 3.27. The van der Waals surface area contributed by atoms with E-state index in [2.05, 4.69) is 5.10 Å². The average molecular weight is 361 g/mol. The molecule has 1 atom stereocenters. The fourth-order valence-corrected chi connectivity index (χ4v) is 3.21. The summed E-state index contributed by atoms with van der Waals surface area (Å²) in [5.41, 5.74) is 3.22. The lowest BCUT2D eigenvalue weighted by atomic mass is 10.0. The van der Waals surface area contributed by atoms with Gasteiger partial charge in [0.1, 0.15) is 6.10 Å². The van der Waals surface area contributed by atoms with E-state index in [-0.39, 0.29) is 18.3 Å². The Hall–Kier alpha value is -3.41. The topological polar surface area (TPSA) is 64.4 Å². The van der Waals surface area contributed by atoms with Crippen molar-refractivity contribution < 1.29 is 14.3 Å². The maximum atomic E-state index is 12.6. The van der Waals surface area contributed by atoms with Crippen LogP contribution in [0, 0.1) is 0 Å². The summed E-state index contributed by atoms with van der Waals surface area (Å²) in [7, 11) is 1.74. The van der Waals surface area contributed by atoms with Gasteiger partial charge in [0.25, 0.3) is 0 Å². The maximum absolute atomic E-state index is 12.6. The highest BCUT2D eigenvalue weighted by Crippen LogP contribution is 2.33. The fourth-order valence-electron chi connectivity index (χ4n) is 3.21. The Balaban J connectivity index is 1.41. The number of aromatic nitrogens is 2. The molecule has 6 heteroatoms. The molecule has 0 radical (unpaired) electrons. The van der Waals surface area contributed by atoms with Gasteiger partial charge in [-0.05, 0) is 18.2 Å². The van der Waals surface area contributed by atoms with E-state index < -0.39 is 6.10 Å². The van der Waals surface area contributed by atoms with Gasteiger partial charge in [0.2, 0.25) is 5.91 Å². The molecular weight excluding hydrogens is 342 g/mol. The number of fused-ring (bicyclic) bond motifs is 1. The summed E-state index contributed by atoms with van der Waals surface area (Å²) < 4.78 is 7.14. The van der Waals surface area contributed by atoms with Gasteiger partial charge < -0.3 is 9.64 Å². The van der Waals surface area contributed by atoms with Crippen LogP contribution in [0.1, 0.15) is 34.0 Å². The lowest BCUT2D eigenvalue weighted by Crippen LogP contribution is -2.27. The van der Waals surface area contributed by atoms with Crippen LogP contribution in [-0.2, 0) is 16.1 Å². The van der Waals surface area contributed by atoms with Gasteiger partial charge in [-0.1, -0.05) is 36.4 Å². The third-order valence-corrected chi connectivity index (χ3v) is 4.64. The van der Waals surface area contributed by atoms with Crippen molar-refractivity contribution >= 4 is 11.9 Å². The van der Waals surface area contributed by atoms with Gasteiger partial charge >= 0.3 is 5.97 Å². The summed E-state index contributed by atoms with van der Waals surface area (Å²) in [5.74, 6) is -0.452. The molecule has 0 bridgehead atoms. The van der Waals surface area contributed by atoms with Crippen LogP contribution < -0.4 is 0 Å². The molecule has 0 saturated heterocycles. The predicted octanol–water partition coefficient (Wildman–Crippen LogP) is 3.13. The number of nitrogens with zero attached hydrogens (tertiary/aromatic N) is 3. The molecule has 0 saturated carbocycles.